The number of thiazole rings is 1. The molecule has 1 aromatic carbocycles. The van der Waals surface area contributed by atoms with Gasteiger partial charge in [0.05, 0.1) is 19.0 Å². The fourth-order valence-corrected chi connectivity index (χ4v) is 3.88. The number of carbonyl (C=O) groups is 1. The zero-order valence-corrected chi connectivity index (χ0v) is 13.8. The molecule has 3 rings (SSSR count). The third-order valence-electron chi connectivity index (χ3n) is 4.09. The molecule has 1 aliphatic heterocycles. The second kappa shape index (κ2) is 6.77. The zero-order valence-electron chi connectivity index (χ0n) is 12.2. The Morgan fingerprint density at radius 3 is 2.91 bits per heavy atom. The quantitative estimate of drug-likeness (QED) is 0.893. The SMILES string of the molecule is NC(=O)[C@H]1CCC[NH+](Cc2csc(-c3ccc(Cl)cc3)n2)C1. The second-order valence-electron chi connectivity index (χ2n) is 5.77. The topological polar surface area (TPSA) is 60.4 Å². The van der Waals surface area contributed by atoms with Crippen molar-refractivity contribution in [3.05, 3.63) is 40.4 Å². The Bertz CT molecular complexity index is 656. The van der Waals surface area contributed by atoms with Crippen LogP contribution < -0.4 is 10.6 Å². The van der Waals surface area contributed by atoms with Crippen LogP contribution in [0.3, 0.4) is 0 Å². The highest BCUT2D eigenvalue weighted by molar-refractivity contribution is 7.13. The molecule has 0 radical (unpaired) electrons. The minimum Gasteiger partial charge on any atom is -0.369 e. The lowest BCUT2D eigenvalue weighted by molar-refractivity contribution is -0.921. The number of aromatic nitrogens is 1. The van der Waals surface area contributed by atoms with Crippen molar-refractivity contribution in [1.82, 2.24) is 4.98 Å². The first-order valence-electron chi connectivity index (χ1n) is 7.45. The molecule has 2 atom stereocenters. The summed E-state index contributed by atoms with van der Waals surface area (Å²) in [5, 5.41) is 3.84. The van der Waals surface area contributed by atoms with E-state index in [2.05, 4.69) is 5.38 Å². The number of rotatable bonds is 4. The van der Waals surface area contributed by atoms with Gasteiger partial charge >= 0.3 is 0 Å². The van der Waals surface area contributed by atoms with Crippen LogP contribution in [-0.4, -0.2) is 24.0 Å². The highest BCUT2D eigenvalue weighted by Gasteiger charge is 2.27. The van der Waals surface area contributed by atoms with E-state index in [0.29, 0.717) is 0 Å². The molecular formula is C16H19ClN3OS+. The van der Waals surface area contributed by atoms with E-state index in [1.807, 2.05) is 24.3 Å². The molecule has 0 bridgehead atoms. The average Bonchev–Trinajstić information content (AvgIpc) is 2.96. The summed E-state index contributed by atoms with van der Waals surface area (Å²) in [6.45, 7) is 2.76. The molecule has 0 spiro atoms. The molecule has 1 aliphatic rings. The lowest BCUT2D eigenvalue weighted by Gasteiger charge is -2.27. The van der Waals surface area contributed by atoms with Gasteiger partial charge in [0.25, 0.3) is 0 Å². The lowest BCUT2D eigenvalue weighted by atomic mass is 9.97. The highest BCUT2D eigenvalue weighted by Crippen LogP contribution is 2.24. The molecule has 3 N–H and O–H groups in total. The number of halogens is 1. The number of nitrogens with one attached hydrogen (secondary N) is 1. The largest absolute Gasteiger partial charge is 0.369 e. The molecule has 2 heterocycles. The van der Waals surface area contributed by atoms with E-state index < -0.39 is 0 Å². The monoisotopic (exact) mass is 336 g/mol. The Morgan fingerprint density at radius 1 is 1.41 bits per heavy atom. The van der Waals surface area contributed by atoms with Crippen LogP contribution >= 0.6 is 22.9 Å². The van der Waals surface area contributed by atoms with E-state index in [-0.39, 0.29) is 11.8 Å². The normalized spacial score (nSPS) is 21.7. The van der Waals surface area contributed by atoms with Gasteiger partial charge in [0.15, 0.2) is 0 Å². The Labute approximate surface area is 138 Å². The van der Waals surface area contributed by atoms with Crippen molar-refractivity contribution < 1.29 is 9.69 Å². The van der Waals surface area contributed by atoms with E-state index >= 15 is 0 Å². The van der Waals surface area contributed by atoms with Crippen molar-refractivity contribution in [2.24, 2.45) is 11.7 Å². The van der Waals surface area contributed by atoms with Gasteiger partial charge in [-0.3, -0.25) is 4.79 Å². The maximum absolute atomic E-state index is 11.4. The highest BCUT2D eigenvalue weighted by atomic mass is 35.5. The maximum Gasteiger partial charge on any atom is 0.226 e. The molecule has 116 valence electrons. The molecule has 4 nitrogen and oxygen atoms in total. The van der Waals surface area contributed by atoms with Gasteiger partial charge in [0, 0.05) is 16.0 Å². The van der Waals surface area contributed by atoms with Gasteiger partial charge in [0.2, 0.25) is 5.91 Å². The van der Waals surface area contributed by atoms with E-state index in [1.54, 1.807) is 11.3 Å². The van der Waals surface area contributed by atoms with E-state index in [9.17, 15) is 4.79 Å². The first-order chi connectivity index (χ1) is 10.6. The summed E-state index contributed by atoms with van der Waals surface area (Å²) in [7, 11) is 0. The molecular weight excluding hydrogens is 318 g/mol. The summed E-state index contributed by atoms with van der Waals surface area (Å²) in [5.74, 6) is -0.157. The van der Waals surface area contributed by atoms with Crippen LogP contribution in [0.4, 0.5) is 0 Å². The number of primary amides is 1. The van der Waals surface area contributed by atoms with Crippen LogP contribution in [0.2, 0.25) is 5.02 Å². The summed E-state index contributed by atoms with van der Waals surface area (Å²) in [5.41, 5.74) is 7.60. The van der Waals surface area contributed by atoms with Crippen molar-refractivity contribution >= 4 is 28.8 Å². The Balaban J connectivity index is 1.66. The number of likely N-dealkylation sites (tertiary alicyclic amines) is 1. The number of piperidine rings is 1. The number of nitrogens with two attached hydrogens (primary N) is 1. The Hall–Kier alpha value is -1.43. The predicted molar refractivity (Wildman–Crippen MR) is 88.9 cm³/mol. The van der Waals surface area contributed by atoms with Crippen molar-refractivity contribution in [3.8, 4) is 10.6 Å². The van der Waals surface area contributed by atoms with Gasteiger partial charge in [-0.1, -0.05) is 23.7 Å². The zero-order chi connectivity index (χ0) is 15.5. The smallest absolute Gasteiger partial charge is 0.226 e. The fraction of sp³-hybridized carbons (Fsp3) is 0.375. The van der Waals surface area contributed by atoms with Crippen molar-refractivity contribution in [1.29, 1.82) is 0 Å². The fourth-order valence-electron chi connectivity index (χ4n) is 2.92. The summed E-state index contributed by atoms with van der Waals surface area (Å²) < 4.78 is 0. The third kappa shape index (κ3) is 3.66. The molecule has 2 aromatic rings. The third-order valence-corrected chi connectivity index (χ3v) is 5.29. The Kier molecular flexibility index (Phi) is 4.76. The van der Waals surface area contributed by atoms with Gasteiger partial charge in [-0.2, -0.15) is 0 Å². The Morgan fingerprint density at radius 2 is 2.18 bits per heavy atom. The van der Waals surface area contributed by atoms with E-state index in [1.165, 1.54) is 4.90 Å². The van der Waals surface area contributed by atoms with E-state index in [0.717, 1.165) is 53.8 Å². The van der Waals surface area contributed by atoms with Crippen LogP contribution in [0.1, 0.15) is 18.5 Å². The summed E-state index contributed by atoms with van der Waals surface area (Å²) in [4.78, 5) is 17.5. The van der Waals surface area contributed by atoms with Crippen molar-refractivity contribution in [2.75, 3.05) is 13.1 Å². The van der Waals surface area contributed by atoms with Crippen LogP contribution in [0.15, 0.2) is 29.6 Å². The maximum atomic E-state index is 11.4. The average molecular weight is 337 g/mol. The predicted octanol–water partition coefficient (Wildman–Crippen LogP) is 1.74. The first kappa shape index (κ1) is 15.5. The van der Waals surface area contributed by atoms with Crippen molar-refractivity contribution in [2.45, 2.75) is 19.4 Å². The second-order valence-corrected chi connectivity index (χ2v) is 7.07. The molecule has 1 amide bonds. The summed E-state index contributed by atoms with van der Waals surface area (Å²) in [6.07, 6.45) is 1.98. The number of nitrogens with zero attached hydrogens (tertiary/aromatic N) is 1. The number of hydrogen-bond donors (Lipinski definition) is 2. The van der Waals surface area contributed by atoms with Crippen LogP contribution in [0.25, 0.3) is 10.6 Å². The first-order valence-corrected chi connectivity index (χ1v) is 8.71. The lowest BCUT2D eigenvalue weighted by Crippen LogP contribution is -3.12. The van der Waals surface area contributed by atoms with Gasteiger partial charge in [0.1, 0.15) is 17.2 Å². The molecule has 1 unspecified atom stereocenters. The number of benzene rings is 1. The molecule has 1 aromatic heterocycles. The number of hydrogen-bond acceptors (Lipinski definition) is 3. The molecule has 1 fully saturated rings. The molecule has 6 heteroatoms. The van der Waals surface area contributed by atoms with Gasteiger partial charge in [-0.15, -0.1) is 11.3 Å². The number of carbonyl (C=O) groups excluding carboxylic acids is 1. The minimum absolute atomic E-state index is 0.0121. The number of amides is 1. The molecule has 1 saturated heterocycles. The van der Waals surface area contributed by atoms with Gasteiger partial charge in [-0.05, 0) is 25.0 Å². The van der Waals surface area contributed by atoms with E-state index in [4.69, 9.17) is 22.3 Å². The molecule has 22 heavy (non-hydrogen) atoms. The number of quaternary nitrogens is 1. The minimum atomic E-state index is -0.169. The van der Waals surface area contributed by atoms with Crippen LogP contribution in [0.5, 0.6) is 0 Å². The van der Waals surface area contributed by atoms with Crippen LogP contribution in [0, 0.1) is 5.92 Å². The van der Waals surface area contributed by atoms with Crippen molar-refractivity contribution in [3.63, 3.8) is 0 Å². The van der Waals surface area contributed by atoms with Gasteiger partial charge < -0.3 is 10.6 Å². The molecule has 0 aliphatic carbocycles. The summed E-state index contributed by atoms with van der Waals surface area (Å²) in [6, 6.07) is 7.74. The molecule has 0 saturated carbocycles. The van der Waals surface area contributed by atoms with Gasteiger partial charge in [-0.25, -0.2) is 4.98 Å². The van der Waals surface area contributed by atoms with Crippen LogP contribution in [-0.2, 0) is 11.3 Å². The summed E-state index contributed by atoms with van der Waals surface area (Å²) >= 11 is 7.56. The standard InChI is InChI=1S/C16H18ClN3OS/c17-13-5-3-11(4-6-13)16-19-14(10-22-16)9-20-7-1-2-12(8-20)15(18)21/h3-6,10,12H,1-2,7-9H2,(H2,18,21)/p+1/t12-/m0/s1.